The Kier molecular flexibility index (Phi) is 5.59. The maximum absolute atomic E-state index is 13.6. The van der Waals surface area contributed by atoms with Gasteiger partial charge in [-0.05, 0) is 41.9 Å². The Hall–Kier alpha value is -3.30. The van der Waals surface area contributed by atoms with Crippen molar-refractivity contribution in [1.82, 2.24) is 14.9 Å². The van der Waals surface area contributed by atoms with Crippen LogP contribution in [0.5, 0.6) is 0 Å². The number of aromatic amines is 1. The van der Waals surface area contributed by atoms with Crippen LogP contribution in [0.1, 0.15) is 28.7 Å². The molecule has 0 aliphatic carbocycles. The number of carbonyl (C=O) groups excluding carboxylic acids is 2. The number of amides is 2. The highest BCUT2D eigenvalue weighted by Crippen LogP contribution is 2.43. The van der Waals surface area contributed by atoms with Crippen LogP contribution in [0.4, 0.5) is 5.69 Å². The number of aryl methyl sites for hydroxylation is 1. The fourth-order valence-electron chi connectivity index (χ4n) is 4.33. The van der Waals surface area contributed by atoms with Crippen molar-refractivity contribution in [2.75, 3.05) is 11.9 Å². The number of anilines is 1. The second-order valence-corrected chi connectivity index (χ2v) is 10.1. The first-order valence-corrected chi connectivity index (χ1v) is 12.3. The van der Waals surface area contributed by atoms with E-state index in [0.717, 1.165) is 16.1 Å². The summed E-state index contributed by atoms with van der Waals surface area (Å²) in [6, 6.07) is 13.1. The lowest BCUT2D eigenvalue weighted by atomic mass is 9.97. The molecule has 1 N–H and O–H groups in total. The molecule has 1 aliphatic heterocycles. The van der Waals surface area contributed by atoms with E-state index in [1.54, 1.807) is 34.3 Å². The normalized spacial score (nSPS) is 18.2. The third kappa shape index (κ3) is 3.98. The number of thiophene rings is 2. The summed E-state index contributed by atoms with van der Waals surface area (Å²) in [4.78, 5) is 50.5. The highest BCUT2D eigenvalue weighted by molar-refractivity contribution is 7.17. The van der Waals surface area contributed by atoms with Crippen LogP contribution in [0.15, 0.2) is 58.0 Å². The molecule has 0 saturated carbocycles. The highest BCUT2D eigenvalue weighted by atomic mass is 32.1. The molecular weight excluding hydrogens is 456 g/mol. The molecule has 1 aliphatic rings. The second-order valence-electron chi connectivity index (χ2n) is 8.21. The summed E-state index contributed by atoms with van der Waals surface area (Å²) in [5.41, 5.74) is 2.31. The van der Waals surface area contributed by atoms with Crippen molar-refractivity contribution in [3.05, 3.63) is 79.8 Å². The molecule has 33 heavy (non-hydrogen) atoms. The van der Waals surface area contributed by atoms with Gasteiger partial charge in [0.25, 0.3) is 5.56 Å². The van der Waals surface area contributed by atoms with Gasteiger partial charge < -0.3 is 14.8 Å². The van der Waals surface area contributed by atoms with E-state index in [2.05, 4.69) is 9.97 Å². The molecule has 1 fully saturated rings. The molecule has 7 nitrogen and oxygen atoms in total. The minimum Gasteiger partial charge on any atom is -0.338 e. The van der Waals surface area contributed by atoms with Crippen molar-refractivity contribution in [2.45, 2.75) is 25.9 Å². The fourth-order valence-corrected chi connectivity index (χ4v) is 5.94. The predicted molar refractivity (Wildman–Crippen MR) is 131 cm³/mol. The minimum atomic E-state index is -0.529. The number of benzene rings is 1. The Morgan fingerprint density at radius 3 is 2.67 bits per heavy atom. The summed E-state index contributed by atoms with van der Waals surface area (Å²) < 4.78 is 0.570. The van der Waals surface area contributed by atoms with E-state index in [0.29, 0.717) is 16.0 Å². The van der Waals surface area contributed by atoms with E-state index in [4.69, 9.17) is 0 Å². The zero-order chi connectivity index (χ0) is 23.1. The zero-order valence-electron chi connectivity index (χ0n) is 18.1. The summed E-state index contributed by atoms with van der Waals surface area (Å²) in [7, 11) is 1.69. The summed E-state index contributed by atoms with van der Waals surface area (Å²) in [5.74, 6) is -0.326. The summed E-state index contributed by atoms with van der Waals surface area (Å²) >= 11 is 2.88. The molecule has 0 bridgehead atoms. The number of nitrogens with one attached hydrogen (secondary N) is 1. The van der Waals surface area contributed by atoms with E-state index in [9.17, 15) is 14.4 Å². The van der Waals surface area contributed by atoms with Crippen molar-refractivity contribution in [3.63, 3.8) is 0 Å². The average Bonchev–Trinajstić information content (AvgIpc) is 3.53. The van der Waals surface area contributed by atoms with Crippen molar-refractivity contribution < 1.29 is 9.59 Å². The van der Waals surface area contributed by atoms with Gasteiger partial charge in [0, 0.05) is 24.0 Å². The van der Waals surface area contributed by atoms with Crippen LogP contribution >= 0.6 is 22.7 Å². The Morgan fingerprint density at radius 1 is 1.15 bits per heavy atom. The lowest BCUT2D eigenvalue weighted by Gasteiger charge is -2.29. The minimum absolute atomic E-state index is 0.0739. The van der Waals surface area contributed by atoms with Gasteiger partial charge in [0.15, 0.2) is 0 Å². The lowest BCUT2D eigenvalue weighted by molar-refractivity contribution is -0.135. The number of fused-ring (bicyclic) bond motifs is 1. The first kappa shape index (κ1) is 21.5. The number of hydrogen-bond donors (Lipinski definition) is 1. The van der Waals surface area contributed by atoms with Gasteiger partial charge in [-0.3, -0.25) is 14.4 Å². The number of aromatic nitrogens is 2. The fraction of sp³-hybridized carbons (Fsp3) is 0.250. The van der Waals surface area contributed by atoms with Crippen LogP contribution in [-0.2, 0) is 16.1 Å². The zero-order valence-corrected chi connectivity index (χ0v) is 19.8. The van der Waals surface area contributed by atoms with Crippen LogP contribution in [0.25, 0.3) is 10.2 Å². The van der Waals surface area contributed by atoms with Gasteiger partial charge in [0.1, 0.15) is 10.5 Å². The summed E-state index contributed by atoms with van der Waals surface area (Å²) in [5, 5.41) is 3.78. The smallest absolute Gasteiger partial charge is 0.268 e. The van der Waals surface area contributed by atoms with Crippen LogP contribution in [0.3, 0.4) is 0 Å². The van der Waals surface area contributed by atoms with Gasteiger partial charge in [0.05, 0.1) is 24.0 Å². The molecule has 4 aromatic rings. The molecule has 5 rings (SSSR count). The Labute approximate surface area is 198 Å². The van der Waals surface area contributed by atoms with Crippen molar-refractivity contribution in [3.8, 4) is 0 Å². The van der Waals surface area contributed by atoms with E-state index in [1.807, 2.05) is 54.1 Å². The number of nitrogens with zero attached hydrogens (tertiary/aromatic N) is 3. The number of hydrogen-bond acceptors (Lipinski definition) is 6. The first-order valence-electron chi connectivity index (χ1n) is 10.6. The predicted octanol–water partition coefficient (Wildman–Crippen LogP) is 4.11. The van der Waals surface area contributed by atoms with E-state index in [-0.39, 0.29) is 36.4 Å². The third-order valence-corrected chi connectivity index (χ3v) is 7.76. The lowest BCUT2D eigenvalue weighted by Crippen LogP contribution is -2.37. The highest BCUT2D eigenvalue weighted by Gasteiger charge is 2.46. The largest absolute Gasteiger partial charge is 0.338 e. The third-order valence-electron chi connectivity index (χ3n) is 5.91. The van der Waals surface area contributed by atoms with Gasteiger partial charge in [0.2, 0.25) is 11.8 Å². The van der Waals surface area contributed by atoms with Crippen molar-refractivity contribution in [2.24, 2.45) is 5.92 Å². The summed E-state index contributed by atoms with van der Waals surface area (Å²) in [6.45, 7) is 2.16. The molecule has 2 amide bonds. The molecule has 1 saturated heterocycles. The first-order chi connectivity index (χ1) is 15.9. The molecule has 4 heterocycles. The van der Waals surface area contributed by atoms with Gasteiger partial charge in [-0.25, -0.2) is 4.98 Å². The van der Waals surface area contributed by atoms with Crippen molar-refractivity contribution >= 4 is 50.4 Å². The summed E-state index contributed by atoms with van der Waals surface area (Å²) in [6.07, 6.45) is 0.132. The van der Waals surface area contributed by atoms with Gasteiger partial charge in [-0.2, -0.15) is 0 Å². The van der Waals surface area contributed by atoms with Crippen molar-refractivity contribution in [1.29, 1.82) is 0 Å². The standard InChI is InChI=1S/C24H22N4O3S2/c1-14-5-7-15(8-6-14)28-20(29)12-16(21(28)18-4-3-10-32-18)24(31)27(2)13-19-25-17-9-11-33-22(17)23(30)26-19/h3-11,16,21H,12-13H2,1-2H3,(H,25,26,30)/t16-,21-/m0/s1. The van der Waals surface area contributed by atoms with Gasteiger partial charge in [-0.1, -0.05) is 23.8 Å². The SMILES string of the molecule is Cc1ccc(N2C(=O)C[C@H](C(=O)N(C)Cc3nc4ccsc4c(=O)[nH]3)[C@H]2c2cccs2)cc1. The molecule has 0 spiro atoms. The Morgan fingerprint density at radius 2 is 1.94 bits per heavy atom. The number of rotatable bonds is 5. The Balaban J connectivity index is 1.44. The Bertz CT molecular complexity index is 1370. The molecule has 0 radical (unpaired) electrons. The van der Waals surface area contributed by atoms with Gasteiger partial charge in [-0.15, -0.1) is 22.7 Å². The molecule has 1 aromatic carbocycles. The monoisotopic (exact) mass is 478 g/mol. The molecule has 9 heteroatoms. The molecular formula is C24H22N4O3S2. The molecule has 168 valence electrons. The topological polar surface area (TPSA) is 86.4 Å². The van der Waals surface area contributed by atoms with Crippen LogP contribution in [0, 0.1) is 12.8 Å². The molecule has 3 aromatic heterocycles. The number of H-pyrrole nitrogens is 1. The van der Waals surface area contributed by atoms with E-state index in [1.165, 1.54) is 11.3 Å². The molecule has 2 atom stereocenters. The van der Waals surface area contributed by atoms with Gasteiger partial charge >= 0.3 is 0 Å². The quantitative estimate of drug-likeness (QED) is 0.468. The van der Waals surface area contributed by atoms with E-state index < -0.39 is 5.92 Å². The maximum atomic E-state index is 13.6. The average molecular weight is 479 g/mol. The van der Waals surface area contributed by atoms with E-state index >= 15 is 0 Å². The van der Waals surface area contributed by atoms with Crippen LogP contribution in [0.2, 0.25) is 0 Å². The van der Waals surface area contributed by atoms with Crippen LogP contribution in [-0.4, -0.2) is 33.7 Å². The number of carbonyl (C=O) groups is 2. The maximum Gasteiger partial charge on any atom is 0.268 e. The molecule has 0 unspecified atom stereocenters. The van der Waals surface area contributed by atoms with Crippen LogP contribution < -0.4 is 10.5 Å². The second kappa shape index (κ2) is 8.57.